The van der Waals surface area contributed by atoms with Crippen LogP contribution >= 0.6 is 11.6 Å². The van der Waals surface area contributed by atoms with Gasteiger partial charge in [-0.15, -0.1) is 0 Å². The summed E-state index contributed by atoms with van der Waals surface area (Å²) in [6.07, 6.45) is 5.46. The third-order valence-electron chi connectivity index (χ3n) is 9.56. The van der Waals surface area contributed by atoms with Gasteiger partial charge < -0.3 is 15.0 Å². The standard InChI is InChI=1S/C32H42ClN3O5S/c1-20-14-27(34-3)17-30(37)28-11-8-24(28)18-36-13-5-4-6-22-15-26(33)10-7-25(22)19-41-31-12-9-23(16-29(31)36)32(38)35-42(39,40)21(20)2/h7,9-10,12,15-16,20-21,24,27-28,34H,4-6,8,11,13-14,17-19H2,1-3H3,(H,35,38)/t20-,21+,24-,27-,28+/m0/s1. The molecule has 0 radical (unpaired) electrons. The normalized spacial score (nSPS) is 28.7. The first-order valence-corrected chi connectivity index (χ1v) is 17.0. The number of carbonyl (C=O) groups is 2. The van der Waals surface area contributed by atoms with E-state index in [-0.39, 0.29) is 35.1 Å². The van der Waals surface area contributed by atoms with Crippen molar-refractivity contribution in [3.05, 3.63) is 58.1 Å². The fourth-order valence-electron chi connectivity index (χ4n) is 6.50. The zero-order valence-corrected chi connectivity index (χ0v) is 26.3. The fourth-order valence-corrected chi connectivity index (χ4v) is 7.98. The van der Waals surface area contributed by atoms with Gasteiger partial charge in [0.25, 0.3) is 5.91 Å². The summed E-state index contributed by atoms with van der Waals surface area (Å²) < 4.78 is 35.2. The van der Waals surface area contributed by atoms with Crippen LogP contribution in [0.15, 0.2) is 36.4 Å². The Kier molecular flexibility index (Phi) is 9.50. The van der Waals surface area contributed by atoms with Crippen molar-refractivity contribution in [3.63, 3.8) is 0 Å². The zero-order chi connectivity index (χ0) is 30.0. The number of aryl methyl sites for hydroxylation is 1. The van der Waals surface area contributed by atoms with Gasteiger partial charge in [-0.3, -0.25) is 9.59 Å². The minimum absolute atomic E-state index is 0.0225. The maximum absolute atomic E-state index is 13.5. The van der Waals surface area contributed by atoms with Crippen LogP contribution in [0.25, 0.3) is 0 Å². The number of sulfonamides is 1. The molecule has 42 heavy (non-hydrogen) atoms. The number of Topliss-reactive ketones (excluding diaryl/α,β-unsaturated/α-hetero) is 1. The van der Waals surface area contributed by atoms with Crippen molar-refractivity contribution in [2.45, 2.75) is 76.7 Å². The van der Waals surface area contributed by atoms with Gasteiger partial charge in [-0.25, -0.2) is 13.1 Å². The van der Waals surface area contributed by atoms with Gasteiger partial charge in [0, 0.05) is 42.1 Å². The molecule has 8 nitrogen and oxygen atoms in total. The first-order chi connectivity index (χ1) is 20.1. The van der Waals surface area contributed by atoms with Crippen LogP contribution in [0.5, 0.6) is 5.75 Å². The smallest absolute Gasteiger partial charge is 0.264 e. The minimum atomic E-state index is -3.96. The van der Waals surface area contributed by atoms with Crippen molar-refractivity contribution in [1.82, 2.24) is 10.0 Å². The van der Waals surface area contributed by atoms with E-state index in [1.54, 1.807) is 25.1 Å². The van der Waals surface area contributed by atoms with Crippen LogP contribution in [0.4, 0.5) is 5.69 Å². The Balaban J connectivity index is 1.54. The number of hydrogen-bond acceptors (Lipinski definition) is 7. The van der Waals surface area contributed by atoms with Crippen LogP contribution in [0, 0.1) is 17.8 Å². The fraction of sp³-hybridized carbons (Fsp3) is 0.562. The number of halogens is 1. The lowest BCUT2D eigenvalue weighted by Crippen LogP contribution is -2.45. The molecule has 5 atom stereocenters. The lowest BCUT2D eigenvalue weighted by Gasteiger charge is -2.41. The molecule has 0 unspecified atom stereocenters. The average molecular weight is 616 g/mol. The quantitative estimate of drug-likeness (QED) is 0.459. The lowest BCUT2D eigenvalue weighted by atomic mass is 9.69. The molecule has 1 aliphatic carbocycles. The van der Waals surface area contributed by atoms with Crippen LogP contribution in [-0.4, -0.2) is 51.5 Å². The van der Waals surface area contributed by atoms with Gasteiger partial charge in [0.2, 0.25) is 10.0 Å². The summed E-state index contributed by atoms with van der Waals surface area (Å²) in [5.41, 5.74) is 3.23. The van der Waals surface area contributed by atoms with Crippen LogP contribution in [0.3, 0.4) is 0 Å². The second-order valence-corrected chi connectivity index (χ2v) is 14.8. The van der Waals surface area contributed by atoms with Crippen molar-refractivity contribution >= 4 is 39.0 Å². The molecule has 0 aromatic heterocycles. The molecule has 2 aromatic rings. The molecule has 0 saturated heterocycles. The summed E-state index contributed by atoms with van der Waals surface area (Å²) in [4.78, 5) is 29.1. The second kappa shape index (κ2) is 12.9. The number of carbonyl (C=O) groups excluding carboxylic acids is 2. The molecule has 1 amide bonds. The highest BCUT2D eigenvalue weighted by Crippen LogP contribution is 2.40. The number of fused-ring (bicyclic) bond motifs is 3. The van der Waals surface area contributed by atoms with E-state index in [4.69, 9.17) is 16.3 Å². The Morgan fingerprint density at radius 1 is 1.05 bits per heavy atom. The molecular weight excluding hydrogens is 574 g/mol. The number of nitrogens with zero attached hydrogens (tertiary/aromatic N) is 1. The van der Waals surface area contributed by atoms with Crippen molar-refractivity contribution in [2.75, 3.05) is 25.0 Å². The van der Waals surface area contributed by atoms with Gasteiger partial charge in [0.1, 0.15) is 18.1 Å². The Morgan fingerprint density at radius 2 is 1.86 bits per heavy atom. The van der Waals surface area contributed by atoms with Gasteiger partial charge in [-0.2, -0.15) is 0 Å². The summed E-state index contributed by atoms with van der Waals surface area (Å²) in [5.74, 6) is 0.137. The molecule has 2 bridgehead atoms. The number of rotatable bonds is 1. The van der Waals surface area contributed by atoms with E-state index in [1.807, 2.05) is 32.2 Å². The molecule has 3 aliphatic rings. The molecule has 0 spiro atoms. The van der Waals surface area contributed by atoms with E-state index in [0.29, 0.717) is 36.8 Å². The molecule has 5 rings (SSSR count). The zero-order valence-electron chi connectivity index (χ0n) is 24.7. The van der Waals surface area contributed by atoms with Crippen molar-refractivity contribution in [1.29, 1.82) is 0 Å². The van der Waals surface area contributed by atoms with Crippen molar-refractivity contribution in [2.24, 2.45) is 17.8 Å². The van der Waals surface area contributed by atoms with E-state index >= 15 is 0 Å². The molecule has 2 aromatic carbocycles. The Labute approximate surface area is 254 Å². The Bertz CT molecular complexity index is 1430. The highest BCUT2D eigenvalue weighted by atomic mass is 35.5. The predicted molar refractivity (Wildman–Crippen MR) is 166 cm³/mol. The maximum atomic E-state index is 13.5. The number of nitrogens with one attached hydrogen (secondary N) is 2. The Morgan fingerprint density at radius 3 is 2.60 bits per heavy atom. The molecule has 1 fully saturated rings. The van der Waals surface area contributed by atoms with Crippen LogP contribution in [0.2, 0.25) is 5.02 Å². The topological polar surface area (TPSA) is 105 Å². The van der Waals surface area contributed by atoms with E-state index in [9.17, 15) is 18.0 Å². The summed E-state index contributed by atoms with van der Waals surface area (Å²) in [7, 11) is -2.14. The van der Waals surface area contributed by atoms with E-state index in [1.165, 1.54) is 0 Å². The summed E-state index contributed by atoms with van der Waals surface area (Å²) in [5, 5.41) is 3.12. The monoisotopic (exact) mass is 615 g/mol. The molecule has 1 saturated carbocycles. The number of benzene rings is 2. The molecule has 2 aliphatic heterocycles. The van der Waals surface area contributed by atoms with Crippen LogP contribution in [-0.2, 0) is 27.8 Å². The molecule has 228 valence electrons. The minimum Gasteiger partial charge on any atom is -0.487 e. The Hall–Kier alpha value is -2.62. The highest BCUT2D eigenvalue weighted by Gasteiger charge is 2.39. The predicted octanol–water partition coefficient (Wildman–Crippen LogP) is 5.12. The number of anilines is 1. The molecule has 2 N–H and O–H groups in total. The van der Waals surface area contributed by atoms with Gasteiger partial charge in [-0.1, -0.05) is 24.6 Å². The second-order valence-electron chi connectivity index (χ2n) is 12.3. The number of hydrogen-bond donors (Lipinski definition) is 2. The van der Waals surface area contributed by atoms with Crippen molar-refractivity contribution in [3.8, 4) is 5.75 Å². The summed E-state index contributed by atoms with van der Waals surface area (Å²) >= 11 is 6.30. The van der Waals surface area contributed by atoms with E-state index < -0.39 is 21.2 Å². The maximum Gasteiger partial charge on any atom is 0.264 e. The number of ether oxygens (including phenoxy) is 1. The van der Waals surface area contributed by atoms with Crippen LogP contribution in [0.1, 0.15) is 73.9 Å². The van der Waals surface area contributed by atoms with Gasteiger partial charge in [-0.05, 0) is 106 Å². The number of amides is 1. The first kappa shape index (κ1) is 30.8. The summed E-state index contributed by atoms with van der Waals surface area (Å²) in [6.45, 7) is 5.22. The van der Waals surface area contributed by atoms with E-state index in [0.717, 1.165) is 55.5 Å². The SMILES string of the molecule is CN[C@@H]1CC(=O)[C@@H]2CC[C@H]2CN2CCCCc3cc(Cl)ccc3COc3ccc(cc32)C(=O)NS(=O)(=O)[C@H](C)[C@@H](C)C1. The largest absolute Gasteiger partial charge is 0.487 e. The van der Waals surface area contributed by atoms with Gasteiger partial charge in [0.15, 0.2) is 0 Å². The molecule has 2 heterocycles. The van der Waals surface area contributed by atoms with Crippen LogP contribution < -0.4 is 19.7 Å². The number of ketones is 1. The third-order valence-corrected chi connectivity index (χ3v) is 11.7. The molecule has 10 heteroatoms. The van der Waals surface area contributed by atoms with Gasteiger partial charge >= 0.3 is 0 Å². The summed E-state index contributed by atoms with van der Waals surface area (Å²) in [6, 6.07) is 10.9. The van der Waals surface area contributed by atoms with E-state index in [2.05, 4.69) is 14.9 Å². The highest BCUT2D eigenvalue weighted by molar-refractivity contribution is 7.90. The van der Waals surface area contributed by atoms with Gasteiger partial charge in [0.05, 0.1) is 10.9 Å². The lowest BCUT2D eigenvalue weighted by molar-refractivity contribution is -0.128. The van der Waals surface area contributed by atoms with Crippen molar-refractivity contribution < 1.29 is 22.7 Å². The molecular formula is C32H42ClN3O5S. The third kappa shape index (κ3) is 6.79. The average Bonchev–Trinajstić information content (AvgIpc) is 2.96. The first-order valence-electron chi connectivity index (χ1n) is 15.1.